The Morgan fingerprint density at radius 2 is 1.95 bits per heavy atom. The second-order valence-electron chi connectivity index (χ2n) is 6.84. The molecule has 1 aromatic carbocycles. The van der Waals surface area contributed by atoms with Gasteiger partial charge in [0, 0.05) is 6.42 Å². The third-order valence-corrected chi connectivity index (χ3v) is 4.80. The van der Waals surface area contributed by atoms with E-state index < -0.39 is 0 Å². The van der Waals surface area contributed by atoms with Crippen molar-refractivity contribution in [3.8, 4) is 0 Å². The molecule has 1 aliphatic carbocycles. The number of carbonyl (C=O) groups excluding carboxylic acids is 1. The van der Waals surface area contributed by atoms with Crippen LogP contribution in [0.3, 0.4) is 0 Å². The molecule has 1 saturated carbocycles. The fraction of sp³-hybridized carbons (Fsp3) is 0.632. The minimum absolute atomic E-state index is 0.0242. The van der Waals surface area contributed by atoms with Gasteiger partial charge in [-0.25, -0.2) is 0 Å². The van der Waals surface area contributed by atoms with Gasteiger partial charge in [0.1, 0.15) is 0 Å². The zero-order valence-corrected chi connectivity index (χ0v) is 13.5. The molecule has 1 fully saturated rings. The zero-order valence-electron chi connectivity index (χ0n) is 13.5. The van der Waals surface area contributed by atoms with Crippen LogP contribution in [-0.2, 0) is 16.0 Å². The van der Waals surface area contributed by atoms with Gasteiger partial charge in [-0.15, -0.1) is 0 Å². The summed E-state index contributed by atoms with van der Waals surface area (Å²) in [7, 11) is 0. The van der Waals surface area contributed by atoms with Gasteiger partial charge in [0.25, 0.3) is 0 Å². The Labute approximate surface area is 128 Å². The Bertz CT molecular complexity index is 438. The van der Waals surface area contributed by atoms with E-state index in [1.165, 1.54) is 12.0 Å². The largest absolute Gasteiger partial charge is 0.465 e. The van der Waals surface area contributed by atoms with E-state index in [0.29, 0.717) is 24.4 Å². The lowest BCUT2D eigenvalue weighted by atomic mass is 9.70. The average molecular weight is 288 g/mol. The lowest BCUT2D eigenvalue weighted by Crippen LogP contribution is -2.34. The smallest absolute Gasteiger partial charge is 0.309 e. The maximum absolute atomic E-state index is 12.4. The molecule has 0 aromatic heterocycles. The molecule has 116 valence electrons. The first-order valence-electron chi connectivity index (χ1n) is 8.28. The predicted molar refractivity (Wildman–Crippen MR) is 85.9 cm³/mol. The molecule has 21 heavy (non-hydrogen) atoms. The van der Waals surface area contributed by atoms with Crippen LogP contribution in [0.5, 0.6) is 0 Å². The van der Waals surface area contributed by atoms with Gasteiger partial charge in [0.05, 0.1) is 12.5 Å². The second-order valence-corrected chi connectivity index (χ2v) is 6.84. The zero-order chi connectivity index (χ0) is 15.2. The van der Waals surface area contributed by atoms with Gasteiger partial charge in [-0.1, -0.05) is 57.5 Å². The van der Waals surface area contributed by atoms with E-state index in [4.69, 9.17) is 4.74 Å². The molecule has 0 aliphatic heterocycles. The molecule has 2 heteroatoms. The molecular weight excluding hydrogens is 260 g/mol. The molecule has 1 aromatic rings. The van der Waals surface area contributed by atoms with Crippen molar-refractivity contribution in [2.45, 2.75) is 46.5 Å². The lowest BCUT2D eigenvalue weighted by molar-refractivity contribution is -0.153. The Morgan fingerprint density at radius 3 is 2.62 bits per heavy atom. The highest BCUT2D eigenvalue weighted by atomic mass is 16.5. The summed E-state index contributed by atoms with van der Waals surface area (Å²) < 4.78 is 5.58. The van der Waals surface area contributed by atoms with Crippen LogP contribution in [0.2, 0.25) is 0 Å². The average Bonchev–Trinajstić information content (AvgIpc) is 2.47. The standard InChI is InChI=1S/C19H28O2/c1-14(2)17-10-9-15(3)13-18(17)19(20)21-12-11-16-7-5-4-6-8-16/h4-8,14-15,17-18H,9-13H2,1-3H3/t15-,17+,18-/m1/s1. The first kappa shape index (κ1) is 16.1. The highest BCUT2D eigenvalue weighted by Gasteiger charge is 2.36. The van der Waals surface area contributed by atoms with E-state index in [1.807, 2.05) is 18.2 Å². The summed E-state index contributed by atoms with van der Waals surface area (Å²) in [5, 5.41) is 0. The van der Waals surface area contributed by atoms with E-state index >= 15 is 0 Å². The fourth-order valence-electron chi connectivity index (χ4n) is 3.49. The molecule has 0 N–H and O–H groups in total. The van der Waals surface area contributed by atoms with Gasteiger partial charge in [0.2, 0.25) is 0 Å². The molecule has 0 spiro atoms. The highest BCUT2D eigenvalue weighted by Crippen LogP contribution is 2.38. The summed E-state index contributed by atoms with van der Waals surface area (Å²) in [5.74, 6) is 1.82. The lowest BCUT2D eigenvalue weighted by Gasteiger charge is -2.35. The van der Waals surface area contributed by atoms with Crippen LogP contribution in [0.1, 0.15) is 45.6 Å². The van der Waals surface area contributed by atoms with Crippen LogP contribution in [0.15, 0.2) is 30.3 Å². The number of esters is 1. The monoisotopic (exact) mass is 288 g/mol. The Kier molecular flexibility index (Phi) is 5.84. The number of benzene rings is 1. The summed E-state index contributed by atoms with van der Waals surface area (Å²) in [4.78, 5) is 12.4. The highest BCUT2D eigenvalue weighted by molar-refractivity contribution is 5.73. The normalized spacial score (nSPS) is 25.8. The maximum Gasteiger partial charge on any atom is 0.309 e. The van der Waals surface area contributed by atoms with Gasteiger partial charge in [-0.05, 0) is 36.2 Å². The molecular formula is C19H28O2. The minimum Gasteiger partial charge on any atom is -0.465 e. The second kappa shape index (κ2) is 7.63. The van der Waals surface area contributed by atoms with Crippen molar-refractivity contribution in [3.63, 3.8) is 0 Å². The first-order valence-corrected chi connectivity index (χ1v) is 8.28. The number of ether oxygens (including phenoxy) is 1. The van der Waals surface area contributed by atoms with Crippen molar-refractivity contribution in [2.75, 3.05) is 6.61 Å². The molecule has 3 atom stereocenters. The van der Waals surface area contributed by atoms with Crippen LogP contribution < -0.4 is 0 Å². The molecule has 2 nitrogen and oxygen atoms in total. The third kappa shape index (κ3) is 4.59. The van der Waals surface area contributed by atoms with Gasteiger partial charge < -0.3 is 4.74 Å². The van der Waals surface area contributed by atoms with E-state index in [1.54, 1.807) is 0 Å². The first-order chi connectivity index (χ1) is 10.1. The maximum atomic E-state index is 12.4. The number of hydrogen-bond acceptors (Lipinski definition) is 2. The van der Waals surface area contributed by atoms with Gasteiger partial charge in [-0.3, -0.25) is 4.79 Å². The summed E-state index contributed by atoms with van der Waals surface area (Å²) >= 11 is 0. The molecule has 0 bridgehead atoms. The molecule has 2 rings (SSSR count). The molecule has 1 aliphatic rings. The van der Waals surface area contributed by atoms with Gasteiger partial charge in [0.15, 0.2) is 0 Å². The van der Waals surface area contributed by atoms with Gasteiger partial charge in [-0.2, -0.15) is 0 Å². The van der Waals surface area contributed by atoms with E-state index in [9.17, 15) is 4.79 Å². The number of carbonyl (C=O) groups is 1. The Morgan fingerprint density at radius 1 is 1.24 bits per heavy atom. The van der Waals surface area contributed by atoms with E-state index in [0.717, 1.165) is 19.3 Å². The van der Waals surface area contributed by atoms with Crippen LogP contribution in [0.4, 0.5) is 0 Å². The van der Waals surface area contributed by atoms with Crippen molar-refractivity contribution in [1.29, 1.82) is 0 Å². The molecule has 0 saturated heterocycles. The molecule has 0 unspecified atom stereocenters. The number of rotatable bonds is 5. The summed E-state index contributed by atoms with van der Waals surface area (Å²) in [6.07, 6.45) is 4.21. The van der Waals surface area contributed by atoms with E-state index in [2.05, 4.69) is 32.9 Å². The van der Waals surface area contributed by atoms with Crippen molar-refractivity contribution >= 4 is 5.97 Å². The van der Waals surface area contributed by atoms with Crippen molar-refractivity contribution in [2.24, 2.45) is 23.7 Å². The summed E-state index contributed by atoms with van der Waals surface area (Å²) in [6, 6.07) is 10.2. The predicted octanol–water partition coefficient (Wildman–Crippen LogP) is 4.48. The molecule has 0 amide bonds. The van der Waals surface area contributed by atoms with E-state index in [-0.39, 0.29) is 11.9 Å². The Balaban J connectivity index is 1.85. The van der Waals surface area contributed by atoms with Crippen molar-refractivity contribution in [3.05, 3.63) is 35.9 Å². The van der Waals surface area contributed by atoms with Crippen LogP contribution in [-0.4, -0.2) is 12.6 Å². The summed E-state index contributed by atoms with van der Waals surface area (Å²) in [6.45, 7) is 7.20. The quantitative estimate of drug-likeness (QED) is 0.747. The molecule has 0 radical (unpaired) electrons. The van der Waals surface area contributed by atoms with Gasteiger partial charge >= 0.3 is 5.97 Å². The SMILES string of the molecule is CC(C)[C@@H]1CC[C@@H](C)C[C@H]1C(=O)OCCc1ccccc1. The van der Waals surface area contributed by atoms with Crippen LogP contribution >= 0.6 is 0 Å². The Hall–Kier alpha value is -1.31. The van der Waals surface area contributed by atoms with Crippen LogP contribution in [0.25, 0.3) is 0 Å². The van der Waals surface area contributed by atoms with Crippen LogP contribution in [0, 0.1) is 23.7 Å². The summed E-state index contributed by atoms with van der Waals surface area (Å²) in [5.41, 5.74) is 1.22. The van der Waals surface area contributed by atoms with Crippen molar-refractivity contribution < 1.29 is 9.53 Å². The minimum atomic E-state index is 0.0242. The van der Waals surface area contributed by atoms with Crippen molar-refractivity contribution in [1.82, 2.24) is 0 Å². The number of hydrogen-bond donors (Lipinski definition) is 0. The third-order valence-electron chi connectivity index (χ3n) is 4.80. The fourth-order valence-corrected chi connectivity index (χ4v) is 3.49. The molecule has 0 heterocycles. The topological polar surface area (TPSA) is 26.3 Å².